The Labute approximate surface area is 258 Å². The van der Waals surface area contributed by atoms with Crippen LogP contribution in [0.3, 0.4) is 0 Å². The number of pyridine rings is 1. The standard InChI is InChI=1S/C33H55N3O5S/c1-3-4-5-6-7-8-9-10-11-12-13-14-15-16-17-19-23-35-32(38)40-26-30-24-31(42-30)27-41-33(39)36(28(2)37)25-29-21-18-20-22-34-29/h18,20-22,30-31H,3-17,19,23-27H2,1-2H3,(H,35,38). The highest BCUT2D eigenvalue weighted by atomic mass is 32.2. The molecule has 0 aliphatic carbocycles. The van der Waals surface area contributed by atoms with Gasteiger partial charge in [-0.15, -0.1) is 11.8 Å². The van der Waals surface area contributed by atoms with E-state index in [0.717, 1.165) is 24.2 Å². The first kappa shape index (κ1) is 35.9. The summed E-state index contributed by atoms with van der Waals surface area (Å²) in [5, 5.41) is 3.19. The summed E-state index contributed by atoms with van der Waals surface area (Å²) < 4.78 is 10.7. The lowest BCUT2D eigenvalue weighted by atomic mass is 10.0. The zero-order chi connectivity index (χ0) is 30.3. The van der Waals surface area contributed by atoms with Crippen LogP contribution in [0.5, 0.6) is 0 Å². The van der Waals surface area contributed by atoms with Crippen LogP contribution < -0.4 is 5.32 Å². The summed E-state index contributed by atoms with van der Waals surface area (Å²) in [5.41, 5.74) is 0.618. The van der Waals surface area contributed by atoms with E-state index in [4.69, 9.17) is 9.47 Å². The minimum Gasteiger partial charge on any atom is -0.448 e. The number of ether oxygens (including phenoxy) is 2. The molecule has 0 radical (unpaired) electrons. The van der Waals surface area contributed by atoms with Crippen LogP contribution in [-0.4, -0.2) is 58.2 Å². The van der Waals surface area contributed by atoms with E-state index < -0.39 is 6.09 Å². The predicted octanol–water partition coefficient (Wildman–Crippen LogP) is 8.43. The highest BCUT2D eigenvalue weighted by Crippen LogP contribution is 2.37. The summed E-state index contributed by atoms with van der Waals surface area (Å²) in [7, 11) is 0. The number of aromatic nitrogens is 1. The van der Waals surface area contributed by atoms with Crippen molar-refractivity contribution in [3.8, 4) is 0 Å². The van der Waals surface area contributed by atoms with Gasteiger partial charge in [-0.1, -0.05) is 109 Å². The number of imide groups is 1. The fourth-order valence-electron chi connectivity index (χ4n) is 5.05. The summed E-state index contributed by atoms with van der Waals surface area (Å²) in [4.78, 5) is 41.5. The Morgan fingerprint density at radius 3 is 1.86 bits per heavy atom. The van der Waals surface area contributed by atoms with Gasteiger partial charge >= 0.3 is 12.2 Å². The highest BCUT2D eigenvalue weighted by molar-refractivity contribution is 8.01. The lowest BCUT2D eigenvalue weighted by molar-refractivity contribution is -0.127. The topological polar surface area (TPSA) is 97.8 Å². The molecule has 2 atom stereocenters. The molecule has 9 heteroatoms. The van der Waals surface area contributed by atoms with Crippen molar-refractivity contribution >= 4 is 29.9 Å². The number of carbonyl (C=O) groups excluding carboxylic acids is 3. The van der Waals surface area contributed by atoms with Crippen LogP contribution in [0.15, 0.2) is 24.4 Å². The molecule has 1 fully saturated rings. The zero-order valence-corrected chi connectivity index (χ0v) is 27.0. The van der Waals surface area contributed by atoms with Gasteiger partial charge in [0.2, 0.25) is 5.91 Å². The molecule has 0 bridgehead atoms. The van der Waals surface area contributed by atoms with E-state index in [2.05, 4.69) is 17.2 Å². The van der Waals surface area contributed by atoms with Crippen LogP contribution in [0.25, 0.3) is 0 Å². The fourth-order valence-corrected chi connectivity index (χ4v) is 6.22. The van der Waals surface area contributed by atoms with Gasteiger partial charge in [-0.2, -0.15) is 0 Å². The van der Waals surface area contributed by atoms with Gasteiger partial charge in [0.1, 0.15) is 13.2 Å². The van der Waals surface area contributed by atoms with Crippen molar-refractivity contribution in [1.29, 1.82) is 0 Å². The molecule has 1 N–H and O–H groups in total. The van der Waals surface area contributed by atoms with Crippen LogP contribution >= 0.6 is 11.8 Å². The van der Waals surface area contributed by atoms with Crippen molar-refractivity contribution in [3.63, 3.8) is 0 Å². The van der Waals surface area contributed by atoms with Crippen molar-refractivity contribution in [2.24, 2.45) is 0 Å². The predicted molar refractivity (Wildman–Crippen MR) is 170 cm³/mol. The van der Waals surface area contributed by atoms with Crippen LogP contribution in [0, 0.1) is 0 Å². The van der Waals surface area contributed by atoms with Gasteiger partial charge in [-0.25, -0.2) is 14.5 Å². The number of rotatable bonds is 23. The average Bonchev–Trinajstić information content (AvgIpc) is 2.96. The summed E-state index contributed by atoms with van der Waals surface area (Å²) in [5.74, 6) is -0.385. The van der Waals surface area contributed by atoms with Gasteiger partial charge in [-0.3, -0.25) is 9.78 Å². The summed E-state index contributed by atoms with van der Waals surface area (Å²) in [6.07, 6.45) is 22.7. The van der Waals surface area contributed by atoms with E-state index in [9.17, 15) is 14.4 Å². The van der Waals surface area contributed by atoms with Crippen molar-refractivity contribution in [1.82, 2.24) is 15.2 Å². The van der Waals surface area contributed by atoms with E-state index >= 15 is 0 Å². The Morgan fingerprint density at radius 1 is 0.833 bits per heavy atom. The first-order chi connectivity index (χ1) is 20.5. The second-order valence-electron chi connectivity index (χ2n) is 11.4. The maximum atomic E-state index is 12.4. The van der Waals surface area contributed by atoms with E-state index in [1.165, 1.54) is 96.8 Å². The average molecular weight is 606 g/mol. The third-order valence-corrected chi connectivity index (χ3v) is 9.08. The quantitative estimate of drug-likeness (QED) is 0.125. The van der Waals surface area contributed by atoms with Gasteiger partial charge in [-0.05, 0) is 25.0 Å². The van der Waals surface area contributed by atoms with Crippen molar-refractivity contribution in [3.05, 3.63) is 30.1 Å². The number of hydrogen-bond acceptors (Lipinski definition) is 7. The molecule has 0 aromatic carbocycles. The largest absolute Gasteiger partial charge is 0.448 e. The Bertz CT molecular complexity index is 867. The lowest BCUT2D eigenvalue weighted by Gasteiger charge is -2.34. The molecular formula is C33H55N3O5S. The molecule has 2 rings (SSSR count). The number of hydrogen-bond donors (Lipinski definition) is 1. The lowest BCUT2D eigenvalue weighted by Crippen LogP contribution is -2.40. The molecule has 1 aliphatic heterocycles. The second-order valence-corrected chi connectivity index (χ2v) is 13.1. The van der Waals surface area contributed by atoms with E-state index in [1.54, 1.807) is 36.2 Å². The number of amides is 3. The van der Waals surface area contributed by atoms with E-state index in [0.29, 0.717) is 18.8 Å². The van der Waals surface area contributed by atoms with Gasteiger partial charge < -0.3 is 14.8 Å². The molecule has 2 unspecified atom stereocenters. The molecular weight excluding hydrogens is 550 g/mol. The Morgan fingerprint density at radius 2 is 1.36 bits per heavy atom. The van der Waals surface area contributed by atoms with Crippen LogP contribution in [0.4, 0.5) is 9.59 Å². The van der Waals surface area contributed by atoms with Crippen molar-refractivity contribution < 1.29 is 23.9 Å². The van der Waals surface area contributed by atoms with Crippen molar-refractivity contribution in [2.45, 2.75) is 140 Å². The Balaban J connectivity index is 1.35. The molecule has 1 aromatic rings. The first-order valence-electron chi connectivity index (χ1n) is 16.4. The molecule has 0 spiro atoms. The number of thioether (sulfide) groups is 1. The molecule has 1 aliphatic rings. The fraction of sp³-hybridized carbons (Fsp3) is 0.758. The summed E-state index contributed by atoms with van der Waals surface area (Å²) >= 11 is 1.63. The van der Waals surface area contributed by atoms with Crippen LogP contribution in [-0.2, 0) is 20.8 Å². The Kier molecular flexibility index (Phi) is 19.8. The summed E-state index contributed by atoms with van der Waals surface area (Å²) in [6.45, 7) is 4.91. The molecule has 0 saturated carbocycles. The van der Waals surface area contributed by atoms with Gasteiger partial charge in [0.25, 0.3) is 0 Å². The molecule has 3 amide bonds. The number of alkyl carbamates (subject to hydrolysis) is 1. The number of unbranched alkanes of at least 4 members (excludes halogenated alkanes) is 15. The molecule has 2 heterocycles. The smallest absolute Gasteiger partial charge is 0.416 e. The Hall–Kier alpha value is -2.29. The third kappa shape index (κ3) is 17.0. The van der Waals surface area contributed by atoms with Crippen molar-refractivity contribution in [2.75, 3.05) is 19.8 Å². The first-order valence-corrected chi connectivity index (χ1v) is 17.3. The van der Waals surface area contributed by atoms with Gasteiger partial charge in [0, 0.05) is 30.2 Å². The molecule has 1 saturated heterocycles. The highest BCUT2D eigenvalue weighted by Gasteiger charge is 2.33. The van der Waals surface area contributed by atoms with Gasteiger partial charge in [0.05, 0.1) is 12.2 Å². The SMILES string of the molecule is CCCCCCCCCCCCCCCCCCNC(=O)OCC1CC(COC(=O)N(Cc2ccccn2)C(C)=O)S1. The normalized spacial score (nSPS) is 16.0. The molecule has 238 valence electrons. The van der Waals surface area contributed by atoms with Crippen LogP contribution in [0.2, 0.25) is 0 Å². The monoisotopic (exact) mass is 605 g/mol. The zero-order valence-electron chi connectivity index (χ0n) is 26.2. The number of carbonyl (C=O) groups is 3. The summed E-state index contributed by atoms with van der Waals surface area (Å²) in [6, 6.07) is 5.34. The van der Waals surface area contributed by atoms with Crippen LogP contribution in [0.1, 0.15) is 129 Å². The minimum atomic E-state index is -0.665. The minimum absolute atomic E-state index is 0.0812. The molecule has 42 heavy (non-hydrogen) atoms. The maximum Gasteiger partial charge on any atom is 0.416 e. The maximum absolute atomic E-state index is 12.4. The number of nitrogens with one attached hydrogen (secondary N) is 1. The van der Waals surface area contributed by atoms with E-state index in [1.807, 2.05) is 0 Å². The molecule has 8 nitrogen and oxygen atoms in total. The van der Waals surface area contributed by atoms with Gasteiger partial charge in [0.15, 0.2) is 0 Å². The molecule has 1 aromatic heterocycles. The second kappa shape index (κ2) is 23.2. The number of nitrogens with zero attached hydrogens (tertiary/aromatic N) is 2. The van der Waals surface area contributed by atoms with E-state index in [-0.39, 0.29) is 35.7 Å². The third-order valence-electron chi connectivity index (χ3n) is 7.65.